The topological polar surface area (TPSA) is 58.4 Å². The summed E-state index contributed by atoms with van der Waals surface area (Å²) in [5.74, 6) is -0.633. The molecule has 0 bridgehead atoms. The largest absolute Gasteiger partial charge is 0.481 e. The fourth-order valence-corrected chi connectivity index (χ4v) is 2.67. The zero-order chi connectivity index (χ0) is 13.2. The lowest BCUT2D eigenvalue weighted by Gasteiger charge is -2.38. The lowest BCUT2D eigenvalue weighted by atomic mass is 9.76. The minimum atomic E-state index is -0.633. The van der Waals surface area contributed by atoms with Gasteiger partial charge in [0.05, 0.1) is 11.6 Å². The molecular formula is C13H21N3O2. The summed E-state index contributed by atoms with van der Waals surface area (Å²) in [6, 6.07) is 0. The molecule has 5 heteroatoms. The Bertz CT molecular complexity index is 420. The fraction of sp³-hybridized carbons (Fsp3) is 0.692. The lowest BCUT2D eigenvalue weighted by Crippen LogP contribution is -2.43. The number of aliphatic carboxylic acids is 1. The average molecular weight is 251 g/mol. The molecule has 0 aromatic carbocycles. The van der Waals surface area contributed by atoms with Crippen molar-refractivity contribution in [1.29, 1.82) is 0 Å². The molecule has 0 aliphatic carbocycles. The lowest BCUT2D eigenvalue weighted by molar-refractivity contribution is -0.152. The molecule has 1 aliphatic rings. The summed E-state index contributed by atoms with van der Waals surface area (Å²) in [4.78, 5) is 13.7. The highest BCUT2D eigenvalue weighted by atomic mass is 16.4. The highest BCUT2D eigenvalue weighted by Crippen LogP contribution is 2.35. The highest BCUT2D eigenvalue weighted by Gasteiger charge is 2.39. The van der Waals surface area contributed by atoms with Gasteiger partial charge in [0.15, 0.2) is 0 Å². The highest BCUT2D eigenvalue weighted by molar-refractivity contribution is 5.74. The van der Waals surface area contributed by atoms with Crippen molar-refractivity contribution in [2.75, 3.05) is 13.1 Å². The van der Waals surface area contributed by atoms with Crippen LogP contribution < -0.4 is 0 Å². The van der Waals surface area contributed by atoms with E-state index in [2.05, 4.69) is 10.00 Å². The van der Waals surface area contributed by atoms with Crippen LogP contribution in [0.4, 0.5) is 0 Å². The van der Waals surface area contributed by atoms with Crippen LogP contribution in [0.2, 0.25) is 0 Å². The van der Waals surface area contributed by atoms with E-state index in [0.717, 1.165) is 38.9 Å². The first kappa shape index (κ1) is 13.1. The standard InChI is InChI=1S/C13H21N3O2/c1-3-13(12(17)18)4-6-16(7-5-13)10-11-8-14-15(2)9-11/h8-9H,3-7,10H2,1-2H3,(H,17,18). The number of carbonyl (C=O) groups is 1. The van der Waals surface area contributed by atoms with E-state index in [1.807, 2.05) is 26.4 Å². The molecule has 1 aromatic rings. The second-order valence-electron chi connectivity index (χ2n) is 5.24. The van der Waals surface area contributed by atoms with Crippen LogP contribution in [0.1, 0.15) is 31.7 Å². The molecule has 0 radical (unpaired) electrons. The van der Waals surface area contributed by atoms with E-state index in [1.165, 1.54) is 5.56 Å². The average Bonchev–Trinajstić information content (AvgIpc) is 2.76. The maximum atomic E-state index is 11.3. The van der Waals surface area contributed by atoms with Gasteiger partial charge < -0.3 is 5.11 Å². The number of likely N-dealkylation sites (tertiary alicyclic amines) is 1. The Labute approximate surface area is 107 Å². The van der Waals surface area contributed by atoms with Gasteiger partial charge in [0.25, 0.3) is 0 Å². The molecule has 5 nitrogen and oxygen atoms in total. The van der Waals surface area contributed by atoms with Crippen molar-refractivity contribution in [2.24, 2.45) is 12.5 Å². The number of carboxylic acids is 1. The van der Waals surface area contributed by atoms with Gasteiger partial charge >= 0.3 is 5.97 Å². The van der Waals surface area contributed by atoms with Crippen LogP contribution in [0.5, 0.6) is 0 Å². The van der Waals surface area contributed by atoms with Crippen molar-refractivity contribution in [3.05, 3.63) is 18.0 Å². The molecule has 0 saturated carbocycles. The van der Waals surface area contributed by atoms with E-state index in [9.17, 15) is 9.90 Å². The molecule has 0 amide bonds. The first-order chi connectivity index (χ1) is 8.55. The summed E-state index contributed by atoms with van der Waals surface area (Å²) in [5, 5.41) is 13.5. The Morgan fingerprint density at radius 1 is 1.50 bits per heavy atom. The molecule has 100 valence electrons. The number of hydrogen-bond donors (Lipinski definition) is 1. The predicted octanol–water partition coefficient (Wildman–Crippen LogP) is 1.50. The fourth-order valence-electron chi connectivity index (χ4n) is 2.67. The van der Waals surface area contributed by atoms with Crippen molar-refractivity contribution in [3.8, 4) is 0 Å². The first-order valence-electron chi connectivity index (χ1n) is 6.49. The molecule has 18 heavy (non-hydrogen) atoms. The van der Waals surface area contributed by atoms with Crippen LogP contribution in [0.25, 0.3) is 0 Å². The third-order valence-corrected chi connectivity index (χ3v) is 4.11. The number of hydrogen-bond acceptors (Lipinski definition) is 3. The van der Waals surface area contributed by atoms with Gasteiger partial charge in [-0.2, -0.15) is 5.10 Å². The van der Waals surface area contributed by atoms with Gasteiger partial charge in [-0.25, -0.2) is 0 Å². The summed E-state index contributed by atoms with van der Waals surface area (Å²) < 4.78 is 1.80. The Morgan fingerprint density at radius 3 is 2.61 bits per heavy atom. The second-order valence-corrected chi connectivity index (χ2v) is 5.24. The molecule has 1 aliphatic heterocycles. The van der Waals surface area contributed by atoms with Gasteiger partial charge in [-0.3, -0.25) is 14.4 Å². The van der Waals surface area contributed by atoms with Crippen LogP contribution in [0.3, 0.4) is 0 Å². The minimum Gasteiger partial charge on any atom is -0.481 e. The third-order valence-electron chi connectivity index (χ3n) is 4.11. The molecule has 1 saturated heterocycles. The molecule has 0 unspecified atom stereocenters. The Kier molecular flexibility index (Phi) is 3.71. The third kappa shape index (κ3) is 2.56. The summed E-state index contributed by atoms with van der Waals surface area (Å²) in [7, 11) is 1.91. The molecule has 0 atom stereocenters. The SMILES string of the molecule is CCC1(C(=O)O)CCN(Cc2cnn(C)c2)CC1. The molecule has 1 aromatic heterocycles. The number of aromatic nitrogens is 2. The van der Waals surface area contributed by atoms with Gasteiger partial charge in [-0.1, -0.05) is 6.92 Å². The second kappa shape index (κ2) is 5.10. The smallest absolute Gasteiger partial charge is 0.309 e. The van der Waals surface area contributed by atoms with Crippen LogP contribution in [0.15, 0.2) is 12.4 Å². The van der Waals surface area contributed by atoms with Gasteiger partial charge in [-0.15, -0.1) is 0 Å². The van der Waals surface area contributed by atoms with Crippen LogP contribution >= 0.6 is 0 Å². The number of piperidine rings is 1. The van der Waals surface area contributed by atoms with Crippen LogP contribution in [-0.4, -0.2) is 38.8 Å². The van der Waals surface area contributed by atoms with Crippen molar-refractivity contribution < 1.29 is 9.90 Å². The van der Waals surface area contributed by atoms with Gasteiger partial charge in [-0.05, 0) is 32.4 Å². The van der Waals surface area contributed by atoms with Crippen LogP contribution in [-0.2, 0) is 18.4 Å². The predicted molar refractivity (Wildman–Crippen MR) is 68.1 cm³/mol. The molecule has 2 heterocycles. The molecule has 0 spiro atoms. The first-order valence-corrected chi connectivity index (χ1v) is 6.49. The Balaban J connectivity index is 1.92. The van der Waals surface area contributed by atoms with E-state index in [4.69, 9.17) is 0 Å². The maximum Gasteiger partial charge on any atom is 0.309 e. The van der Waals surface area contributed by atoms with Crippen molar-refractivity contribution >= 4 is 5.97 Å². The Hall–Kier alpha value is -1.36. The Morgan fingerprint density at radius 2 is 2.17 bits per heavy atom. The van der Waals surface area contributed by atoms with E-state index < -0.39 is 11.4 Å². The molecular weight excluding hydrogens is 230 g/mol. The van der Waals surface area contributed by atoms with E-state index >= 15 is 0 Å². The molecule has 2 rings (SSSR count). The monoisotopic (exact) mass is 251 g/mol. The van der Waals surface area contributed by atoms with Crippen molar-refractivity contribution in [2.45, 2.75) is 32.7 Å². The zero-order valence-corrected chi connectivity index (χ0v) is 11.1. The summed E-state index contributed by atoms with van der Waals surface area (Å²) >= 11 is 0. The normalized spacial score (nSPS) is 19.9. The number of carboxylic acid groups (broad SMARTS) is 1. The number of nitrogens with zero attached hydrogens (tertiary/aromatic N) is 3. The number of rotatable bonds is 4. The summed E-state index contributed by atoms with van der Waals surface area (Å²) in [6.07, 6.45) is 6.11. The summed E-state index contributed by atoms with van der Waals surface area (Å²) in [6.45, 7) is 4.56. The van der Waals surface area contributed by atoms with Gasteiger partial charge in [0, 0.05) is 25.4 Å². The van der Waals surface area contributed by atoms with Crippen LogP contribution in [0, 0.1) is 5.41 Å². The van der Waals surface area contributed by atoms with Gasteiger partial charge in [0.2, 0.25) is 0 Å². The van der Waals surface area contributed by atoms with Crippen molar-refractivity contribution in [1.82, 2.24) is 14.7 Å². The van der Waals surface area contributed by atoms with E-state index in [-0.39, 0.29) is 0 Å². The van der Waals surface area contributed by atoms with E-state index in [0.29, 0.717) is 0 Å². The molecule has 1 fully saturated rings. The van der Waals surface area contributed by atoms with E-state index in [1.54, 1.807) is 4.68 Å². The molecule has 1 N–H and O–H groups in total. The van der Waals surface area contributed by atoms with Crippen molar-refractivity contribution in [3.63, 3.8) is 0 Å². The minimum absolute atomic E-state index is 0.495. The quantitative estimate of drug-likeness (QED) is 0.881. The van der Waals surface area contributed by atoms with Gasteiger partial charge in [0.1, 0.15) is 0 Å². The zero-order valence-electron chi connectivity index (χ0n) is 11.1. The summed E-state index contributed by atoms with van der Waals surface area (Å²) in [5.41, 5.74) is 0.697. The maximum absolute atomic E-state index is 11.3. The number of aryl methyl sites for hydroxylation is 1.